The van der Waals surface area contributed by atoms with Gasteiger partial charge in [0.05, 0.1) is 30.0 Å². The summed E-state index contributed by atoms with van der Waals surface area (Å²) in [6, 6.07) is 12.5. The fourth-order valence-electron chi connectivity index (χ4n) is 4.13. The van der Waals surface area contributed by atoms with Crippen molar-refractivity contribution in [1.82, 2.24) is 24.4 Å². The summed E-state index contributed by atoms with van der Waals surface area (Å²) in [4.78, 5) is 16.3. The van der Waals surface area contributed by atoms with Gasteiger partial charge in [-0.05, 0) is 25.5 Å². The van der Waals surface area contributed by atoms with Crippen molar-refractivity contribution in [2.24, 2.45) is 0 Å². The zero-order valence-electron chi connectivity index (χ0n) is 17.0. The van der Waals surface area contributed by atoms with Gasteiger partial charge >= 0.3 is 0 Å². The van der Waals surface area contributed by atoms with Gasteiger partial charge in [0.2, 0.25) is 0 Å². The number of aryl methyl sites for hydroxylation is 1. The molecule has 3 heterocycles. The van der Waals surface area contributed by atoms with Crippen LogP contribution in [0.5, 0.6) is 0 Å². The van der Waals surface area contributed by atoms with Crippen molar-refractivity contribution in [3.8, 4) is 22.6 Å². The van der Waals surface area contributed by atoms with Crippen LogP contribution in [-0.4, -0.2) is 55.3 Å². The highest BCUT2D eigenvalue weighted by Gasteiger charge is 2.22. The normalized spacial score (nSPS) is 17.5. The summed E-state index contributed by atoms with van der Waals surface area (Å²) in [6.07, 6.45) is 8.04. The first-order valence-electron chi connectivity index (χ1n) is 10.6. The maximum Gasteiger partial charge on any atom is 0.128 e. The zero-order chi connectivity index (χ0) is 20.1. The van der Waals surface area contributed by atoms with Crippen LogP contribution in [0.2, 0.25) is 0 Å². The predicted molar refractivity (Wildman–Crippen MR) is 114 cm³/mol. The van der Waals surface area contributed by atoms with E-state index in [0.717, 1.165) is 60.9 Å². The van der Waals surface area contributed by atoms with Gasteiger partial charge in [0.25, 0.3) is 0 Å². The molecule has 0 saturated carbocycles. The SMILES string of the molecule is CCc1nccc(-c2c(-c3ccccc3)ncn2CCN2CCCC[C@H]2CO)n1. The van der Waals surface area contributed by atoms with E-state index >= 15 is 0 Å². The van der Waals surface area contributed by atoms with Gasteiger partial charge < -0.3 is 9.67 Å². The van der Waals surface area contributed by atoms with Gasteiger partial charge in [0.1, 0.15) is 5.82 Å². The smallest absolute Gasteiger partial charge is 0.128 e. The Kier molecular flexibility index (Phi) is 6.32. The fraction of sp³-hybridized carbons (Fsp3) is 0.435. The molecule has 0 unspecified atom stereocenters. The first-order chi connectivity index (χ1) is 14.3. The fourth-order valence-corrected chi connectivity index (χ4v) is 4.13. The number of hydrogen-bond acceptors (Lipinski definition) is 5. The summed E-state index contributed by atoms with van der Waals surface area (Å²) in [7, 11) is 0. The Morgan fingerprint density at radius 2 is 1.93 bits per heavy atom. The molecule has 1 atom stereocenters. The lowest BCUT2D eigenvalue weighted by atomic mass is 10.0. The highest BCUT2D eigenvalue weighted by Crippen LogP contribution is 2.30. The van der Waals surface area contributed by atoms with Crippen molar-refractivity contribution in [2.45, 2.75) is 45.2 Å². The van der Waals surface area contributed by atoms with Gasteiger partial charge in [-0.25, -0.2) is 15.0 Å². The predicted octanol–water partition coefficient (Wildman–Crippen LogP) is 3.42. The summed E-state index contributed by atoms with van der Waals surface area (Å²) < 4.78 is 2.20. The van der Waals surface area contributed by atoms with Crippen LogP contribution in [0.15, 0.2) is 48.9 Å². The standard InChI is InChI=1S/C23H29N5O/c1-2-21-24-12-11-20(26-21)23-22(18-8-4-3-5-9-18)25-17-28(23)15-14-27-13-7-6-10-19(27)16-29/h3-5,8-9,11-12,17,19,29H,2,6-7,10,13-16H2,1H3/t19-/m0/s1. The van der Waals surface area contributed by atoms with E-state index in [2.05, 4.69) is 33.5 Å². The minimum atomic E-state index is 0.234. The average molecular weight is 392 g/mol. The van der Waals surface area contributed by atoms with Gasteiger partial charge in [-0.2, -0.15) is 0 Å². The minimum Gasteiger partial charge on any atom is -0.395 e. The van der Waals surface area contributed by atoms with Gasteiger partial charge in [-0.15, -0.1) is 0 Å². The van der Waals surface area contributed by atoms with Crippen LogP contribution in [0.1, 0.15) is 32.0 Å². The maximum atomic E-state index is 9.72. The van der Waals surface area contributed by atoms with E-state index in [0.29, 0.717) is 0 Å². The molecule has 0 radical (unpaired) electrons. The van der Waals surface area contributed by atoms with Crippen LogP contribution >= 0.6 is 0 Å². The Morgan fingerprint density at radius 1 is 1.07 bits per heavy atom. The van der Waals surface area contributed by atoms with E-state index in [1.54, 1.807) is 0 Å². The van der Waals surface area contributed by atoms with Crippen molar-refractivity contribution < 1.29 is 5.11 Å². The van der Waals surface area contributed by atoms with Crippen molar-refractivity contribution >= 4 is 0 Å². The average Bonchev–Trinajstić information content (AvgIpc) is 3.22. The summed E-state index contributed by atoms with van der Waals surface area (Å²) >= 11 is 0. The molecule has 0 spiro atoms. The van der Waals surface area contributed by atoms with Gasteiger partial charge in [0.15, 0.2) is 0 Å². The van der Waals surface area contributed by atoms with Crippen LogP contribution in [-0.2, 0) is 13.0 Å². The first-order valence-corrected chi connectivity index (χ1v) is 10.6. The zero-order valence-corrected chi connectivity index (χ0v) is 17.0. The van der Waals surface area contributed by atoms with E-state index in [-0.39, 0.29) is 12.6 Å². The number of aliphatic hydroxyl groups is 1. The molecule has 6 nitrogen and oxygen atoms in total. The second kappa shape index (κ2) is 9.29. The highest BCUT2D eigenvalue weighted by molar-refractivity contribution is 5.76. The molecule has 6 heteroatoms. The summed E-state index contributed by atoms with van der Waals surface area (Å²) in [5.74, 6) is 0.839. The van der Waals surface area contributed by atoms with E-state index in [4.69, 9.17) is 9.97 Å². The number of hydrogen-bond donors (Lipinski definition) is 1. The number of aliphatic hydroxyl groups excluding tert-OH is 1. The Bertz CT molecular complexity index is 924. The van der Waals surface area contributed by atoms with E-state index in [1.807, 2.05) is 36.8 Å². The monoisotopic (exact) mass is 391 g/mol. The second-order valence-electron chi connectivity index (χ2n) is 7.58. The lowest BCUT2D eigenvalue weighted by molar-refractivity contribution is 0.0872. The molecule has 152 valence electrons. The first kappa shape index (κ1) is 19.7. The number of aromatic nitrogens is 4. The minimum absolute atomic E-state index is 0.234. The molecule has 0 amide bonds. The number of benzene rings is 1. The van der Waals surface area contributed by atoms with Crippen molar-refractivity contribution in [3.63, 3.8) is 0 Å². The topological polar surface area (TPSA) is 67.1 Å². The highest BCUT2D eigenvalue weighted by atomic mass is 16.3. The molecule has 0 aliphatic carbocycles. The molecule has 1 aliphatic heterocycles. The molecule has 1 saturated heterocycles. The molecular weight excluding hydrogens is 362 g/mol. The maximum absolute atomic E-state index is 9.72. The van der Waals surface area contributed by atoms with Gasteiger partial charge in [0, 0.05) is 37.3 Å². The van der Waals surface area contributed by atoms with Crippen LogP contribution in [0.25, 0.3) is 22.6 Å². The summed E-state index contributed by atoms with van der Waals surface area (Å²) in [5.41, 5.74) is 3.98. The van der Waals surface area contributed by atoms with Crippen molar-refractivity contribution in [2.75, 3.05) is 19.7 Å². The molecule has 3 aromatic rings. The number of likely N-dealkylation sites (tertiary alicyclic amines) is 1. The lowest BCUT2D eigenvalue weighted by Crippen LogP contribution is -2.43. The number of imidazole rings is 1. The van der Waals surface area contributed by atoms with Crippen LogP contribution in [0.4, 0.5) is 0 Å². The Hall–Kier alpha value is -2.57. The molecule has 2 aromatic heterocycles. The molecule has 1 fully saturated rings. The van der Waals surface area contributed by atoms with Crippen LogP contribution in [0, 0.1) is 0 Å². The van der Waals surface area contributed by atoms with Gasteiger partial charge in [-0.1, -0.05) is 43.7 Å². The number of rotatable bonds is 7. The van der Waals surface area contributed by atoms with Crippen LogP contribution in [0.3, 0.4) is 0 Å². The summed E-state index contributed by atoms with van der Waals surface area (Å²) in [6.45, 7) is 5.07. The van der Waals surface area contributed by atoms with E-state index < -0.39 is 0 Å². The third-order valence-corrected chi connectivity index (χ3v) is 5.74. The molecule has 4 rings (SSSR count). The van der Waals surface area contributed by atoms with Crippen molar-refractivity contribution in [1.29, 1.82) is 0 Å². The Labute approximate surface area is 172 Å². The van der Waals surface area contributed by atoms with E-state index in [1.165, 1.54) is 12.8 Å². The molecule has 29 heavy (non-hydrogen) atoms. The lowest BCUT2D eigenvalue weighted by Gasteiger charge is -2.34. The van der Waals surface area contributed by atoms with E-state index in [9.17, 15) is 5.11 Å². The molecular formula is C23H29N5O. The third kappa shape index (κ3) is 4.38. The summed E-state index contributed by atoms with van der Waals surface area (Å²) in [5, 5.41) is 9.72. The number of piperidine rings is 1. The second-order valence-corrected chi connectivity index (χ2v) is 7.58. The number of nitrogens with zero attached hydrogens (tertiary/aromatic N) is 5. The quantitative estimate of drug-likeness (QED) is 0.668. The Balaban J connectivity index is 1.67. The third-order valence-electron chi connectivity index (χ3n) is 5.74. The molecule has 0 bridgehead atoms. The molecule has 1 aliphatic rings. The van der Waals surface area contributed by atoms with Crippen molar-refractivity contribution in [3.05, 3.63) is 54.7 Å². The Morgan fingerprint density at radius 3 is 2.72 bits per heavy atom. The van der Waals surface area contributed by atoms with Gasteiger partial charge in [-0.3, -0.25) is 4.90 Å². The molecule has 1 N–H and O–H groups in total. The van der Waals surface area contributed by atoms with Crippen LogP contribution < -0.4 is 0 Å². The largest absolute Gasteiger partial charge is 0.395 e. The molecule has 1 aromatic carbocycles.